The van der Waals surface area contributed by atoms with Gasteiger partial charge in [-0.05, 0) is 42.8 Å². The number of amides is 1. The highest BCUT2D eigenvalue weighted by molar-refractivity contribution is 6.51. The van der Waals surface area contributed by atoms with Crippen LogP contribution in [-0.2, 0) is 9.59 Å². The second-order valence-corrected chi connectivity index (χ2v) is 7.66. The van der Waals surface area contributed by atoms with Gasteiger partial charge in [-0.25, -0.2) is 8.78 Å². The van der Waals surface area contributed by atoms with Gasteiger partial charge in [-0.2, -0.15) is 0 Å². The number of ether oxygens (including phenoxy) is 1. The van der Waals surface area contributed by atoms with Gasteiger partial charge in [-0.15, -0.1) is 0 Å². The topological polar surface area (TPSA) is 66.8 Å². The number of anilines is 1. The molecule has 8 heteroatoms. The van der Waals surface area contributed by atoms with Crippen molar-refractivity contribution in [1.82, 2.24) is 0 Å². The Hall–Kier alpha value is -3.71. The van der Waals surface area contributed by atoms with E-state index in [0.29, 0.717) is 22.9 Å². The molecule has 1 aliphatic rings. The summed E-state index contributed by atoms with van der Waals surface area (Å²) in [5.41, 5.74) is 0.504. The minimum atomic E-state index is -1.17. The number of hydrogen-bond donors (Lipinski definition) is 1. The van der Waals surface area contributed by atoms with Crippen LogP contribution in [0.25, 0.3) is 5.76 Å². The van der Waals surface area contributed by atoms with Gasteiger partial charge in [0.25, 0.3) is 11.7 Å². The van der Waals surface area contributed by atoms with Gasteiger partial charge in [0.05, 0.1) is 23.2 Å². The Kier molecular flexibility index (Phi) is 6.16. The fourth-order valence-corrected chi connectivity index (χ4v) is 3.93. The summed E-state index contributed by atoms with van der Waals surface area (Å²) in [5, 5.41) is 11.4. The van der Waals surface area contributed by atoms with Gasteiger partial charge in [-0.1, -0.05) is 41.9 Å². The molecule has 3 aromatic rings. The summed E-state index contributed by atoms with van der Waals surface area (Å²) < 4.78 is 33.0. The molecular weight excluding hydrogens is 452 g/mol. The van der Waals surface area contributed by atoms with E-state index in [1.807, 2.05) is 0 Å². The van der Waals surface area contributed by atoms with Gasteiger partial charge in [0.2, 0.25) is 0 Å². The van der Waals surface area contributed by atoms with Crippen molar-refractivity contribution in [2.75, 3.05) is 11.5 Å². The lowest BCUT2D eigenvalue weighted by Crippen LogP contribution is -2.29. The van der Waals surface area contributed by atoms with E-state index in [1.54, 1.807) is 37.3 Å². The van der Waals surface area contributed by atoms with Crippen molar-refractivity contribution < 1.29 is 28.2 Å². The number of hydrogen-bond acceptors (Lipinski definition) is 4. The van der Waals surface area contributed by atoms with Crippen LogP contribution in [0.1, 0.15) is 24.1 Å². The molecular formula is C25H18ClF2NO4. The molecule has 3 aromatic carbocycles. The number of Topliss-reactive ketones (excluding diaryl/α,β-unsaturated/α-hetero) is 1. The zero-order valence-electron chi connectivity index (χ0n) is 17.4. The Morgan fingerprint density at radius 1 is 1.03 bits per heavy atom. The van der Waals surface area contributed by atoms with Crippen LogP contribution in [0.3, 0.4) is 0 Å². The maximum Gasteiger partial charge on any atom is 0.300 e. The lowest BCUT2D eigenvalue weighted by atomic mass is 9.95. The second kappa shape index (κ2) is 9.03. The van der Waals surface area contributed by atoms with Crippen molar-refractivity contribution in [3.8, 4) is 5.75 Å². The number of nitrogens with zero attached hydrogens (tertiary/aromatic N) is 1. The van der Waals surface area contributed by atoms with E-state index >= 15 is 0 Å². The van der Waals surface area contributed by atoms with Crippen LogP contribution < -0.4 is 9.64 Å². The molecule has 33 heavy (non-hydrogen) atoms. The maximum atomic E-state index is 14.0. The predicted octanol–water partition coefficient (Wildman–Crippen LogP) is 5.64. The Bertz CT molecular complexity index is 1280. The average molecular weight is 470 g/mol. The summed E-state index contributed by atoms with van der Waals surface area (Å²) in [6.45, 7) is 2.10. The molecule has 1 saturated heterocycles. The fourth-order valence-electron chi connectivity index (χ4n) is 3.76. The van der Waals surface area contributed by atoms with Gasteiger partial charge in [0, 0.05) is 17.3 Å². The molecule has 0 saturated carbocycles. The summed E-state index contributed by atoms with van der Waals surface area (Å²) >= 11 is 6.13. The molecule has 4 rings (SSSR count). The lowest BCUT2D eigenvalue weighted by Gasteiger charge is -2.25. The molecule has 1 unspecified atom stereocenters. The average Bonchev–Trinajstić information content (AvgIpc) is 3.08. The molecule has 1 aliphatic heterocycles. The Labute approximate surface area is 193 Å². The van der Waals surface area contributed by atoms with E-state index in [-0.39, 0.29) is 16.8 Å². The normalized spacial score (nSPS) is 17.5. The highest BCUT2D eigenvalue weighted by atomic mass is 35.5. The smallest absolute Gasteiger partial charge is 0.300 e. The van der Waals surface area contributed by atoms with E-state index in [1.165, 1.54) is 24.3 Å². The zero-order valence-corrected chi connectivity index (χ0v) is 18.1. The standard InChI is InChI=1S/C25H18ClF2NO4/c1-2-33-20-12-15(8-10-17(20)26)23(30)21-22(14-6-4-3-5-7-14)29(25(32)24(21)31)16-9-11-18(27)19(28)13-16/h3-13,22,30H,2H2,1H3/b23-21+. The summed E-state index contributed by atoms with van der Waals surface area (Å²) in [4.78, 5) is 27.2. The largest absolute Gasteiger partial charge is 0.507 e. The Morgan fingerprint density at radius 3 is 2.42 bits per heavy atom. The van der Waals surface area contributed by atoms with Crippen LogP contribution in [0.15, 0.2) is 72.3 Å². The molecule has 1 amide bonds. The minimum Gasteiger partial charge on any atom is -0.507 e. The molecule has 0 aliphatic carbocycles. The van der Waals surface area contributed by atoms with Crippen molar-refractivity contribution in [3.05, 3.63) is 100 Å². The zero-order chi connectivity index (χ0) is 23.7. The molecule has 0 bridgehead atoms. The molecule has 0 spiro atoms. The highest BCUT2D eigenvalue weighted by Crippen LogP contribution is 2.43. The first-order valence-electron chi connectivity index (χ1n) is 10.1. The lowest BCUT2D eigenvalue weighted by molar-refractivity contribution is -0.132. The van der Waals surface area contributed by atoms with Gasteiger partial charge in [0.1, 0.15) is 11.5 Å². The quantitative estimate of drug-likeness (QED) is 0.298. The first kappa shape index (κ1) is 22.5. The van der Waals surface area contributed by atoms with Crippen molar-refractivity contribution in [2.24, 2.45) is 0 Å². The molecule has 0 aromatic heterocycles. The highest BCUT2D eigenvalue weighted by Gasteiger charge is 2.47. The summed E-state index contributed by atoms with van der Waals surface area (Å²) in [5.74, 6) is -4.33. The maximum absolute atomic E-state index is 14.0. The molecule has 1 fully saturated rings. The van der Waals surface area contributed by atoms with Crippen LogP contribution in [-0.4, -0.2) is 23.4 Å². The molecule has 1 atom stereocenters. The minimum absolute atomic E-state index is 0.0185. The summed E-state index contributed by atoms with van der Waals surface area (Å²) in [6, 6.07) is 14.8. The van der Waals surface area contributed by atoms with E-state index in [2.05, 4.69) is 0 Å². The number of aliphatic hydroxyl groups is 1. The van der Waals surface area contributed by atoms with Crippen LogP contribution in [0.4, 0.5) is 14.5 Å². The monoisotopic (exact) mass is 469 g/mol. The van der Waals surface area contributed by atoms with E-state index in [9.17, 15) is 23.5 Å². The second-order valence-electron chi connectivity index (χ2n) is 7.26. The Morgan fingerprint density at radius 2 is 1.76 bits per heavy atom. The van der Waals surface area contributed by atoms with Crippen LogP contribution in [0.5, 0.6) is 5.75 Å². The first-order chi connectivity index (χ1) is 15.8. The number of halogens is 3. The SMILES string of the molecule is CCOc1cc(/C(O)=C2\C(=O)C(=O)N(c3ccc(F)c(F)c3)C2c2ccccc2)ccc1Cl. The number of aliphatic hydroxyl groups excluding tert-OH is 1. The van der Waals surface area contributed by atoms with Crippen molar-refractivity contribution in [3.63, 3.8) is 0 Å². The molecule has 5 nitrogen and oxygen atoms in total. The van der Waals surface area contributed by atoms with E-state index in [4.69, 9.17) is 16.3 Å². The van der Waals surface area contributed by atoms with E-state index in [0.717, 1.165) is 17.0 Å². The number of carbonyl (C=O) groups excluding carboxylic acids is 2. The van der Waals surface area contributed by atoms with Gasteiger partial charge >= 0.3 is 0 Å². The number of benzene rings is 3. The van der Waals surface area contributed by atoms with Crippen molar-refractivity contribution >= 4 is 34.7 Å². The van der Waals surface area contributed by atoms with Gasteiger partial charge in [-0.3, -0.25) is 14.5 Å². The third kappa shape index (κ3) is 4.07. The summed E-state index contributed by atoms with van der Waals surface area (Å²) in [7, 11) is 0. The van der Waals surface area contributed by atoms with Crippen LogP contribution in [0, 0.1) is 11.6 Å². The van der Waals surface area contributed by atoms with Crippen LogP contribution >= 0.6 is 11.6 Å². The van der Waals surface area contributed by atoms with Crippen LogP contribution in [0.2, 0.25) is 5.02 Å². The fraction of sp³-hybridized carbons (Fsp3) is 0.120. The number of rotatable bonds is 5. The Balaban J connectivity index is 1.93. The van der Waals surface area contributed by atoms with Crippen molar-refractivity contribution in [1.29, 1.82) is 0 Å². The molecule has 1 heterocycles. The molecule has 1 N–H and O–H groups in total. The van der Waals surface area contributed by atoms with Crippen molar-refractivity contribution in [2.45, 2.75) is 13.0 Å². The van der Waals surface area contributed by atoms with E-state index < -0.39 is 35.1 Å². The van der Waals surface area contributed by atoms with Gasteiger partial charge in [0.15, 0.2) is 11.6 Å². The predicted molar refractivity (Wildman–Crippen MR) is 120 cm³/mol. The van der Waals surface area contributed by atoms with Gasteiger partial charge < -0.3 is 9.84 Å². The number of carbonyl (C=O) groups is 2. The third-order valence-electron chi connectivity index (χ3n) is 5.25. The first-order valence-corrected chi connectivity index (χ1v) is 10.4. The summed E-state index contributed by atoms with van der Waals surface area (Å²) in [6.07, 6.45) is 0. The molecule has 168 valence electrons. The third-order valence-corrected chi connectivity index (χ3v) is 5.56. The number of ketones is 1. The molecule has 0 radical (unpaired) electrons.